The van der Waals surface area contributed by atoms with Crippen molar-refractivity contribution in [2.45, 2.75) is 20.8 Å². The summed E-state index contributed by atoms with van der Waals surface area (Å²) in [7, 11) is 0.120. The third-order valence-corrected chi connectivity index (χ3v) is 4.69. The van der Waals surface area contributed by atoms with Crippen molar-refractivity contribution in [3.8, 4) is 0 Å². The summed E-state index contributed by atoms with van der Waals surface area (Å²) in [6.07, 6.45) is 0. The smallest absolute Gasteiger partial charge is 0.187 e. The standard InChI is InChI=1S/C16H16ClOP/c1-10-7-8-11(2)14(9-10)19-16(18)15-12(3)5-4-6-13(15)17/h4-9,19H,1-3H3. The minimum Gasteiger partial charge on any atom is -0.289 e. The predicted octanol–water partition coefficient (Wildman–Crippen LogP) is 4.41. The Labute approximate surface area is 120 Å². The third-order valence-electron chi connectivity index (χ3n) is 3.09. The molecule has 0 N–H and O–H groups in total. The number of halogens is 1. The molecule has 98 valence electrons. The lowest BCUT2D eigenvalue weighted by Crippen LogP contribution is -2.07. The molecule has 1 atom stereocenters. The molecular weight excluding hydrogens is 275 g/mol. The van der Waals surface area contributed by atoms with Crippen LogP contribution in [-0.2, 0) is 0 Å². The van der Waals surface area contributed by atoms with E-state index in [9.17, 15) is 4.79 Å². The van der Waals surface area contributed by atoms with Crippen molar-refractivity contribution in [3.63, 3.8) is 0 Å². The minimum atomic E-state index is 0.108. The van der Waals surface area contributed by atoms with Gasteiger partial charge in [0.15, 0.2) is 5.52 Å². The second kappa shape index (κ2) is 5.86. The van der Waals surface area contributed by atoms with Crippen molar-refractivity contribution in [1.82, 2.24) is 0 Å². The van der Waals surface area contributed by atoms with Crippen LogP contribution in [0, 0.1) is 20.8 Å². The van der Waals surface area contributed by atoms with Gasteiger partial charge < -0.3 is 0 Å². The van der Waals surface area contributed by atoms with Gasteiger partial charge in [-0.3, -0.25) is 4.79 Å². The van der Waals surface area contributed by atoms with E-state index < -0.39 is 0 Å². The van der Waals surface area contributed by atoms with Gasteiger partial charge in [0, 0.05) is 5.56 Å². The summed E-state index contributed by atoms with van der Waals surface area (Å²) in [6, 6.07) is 11.8. The second-order valence-corrected chi connectivity index (χ2v) is 6.35. The molecule has 2 aromatic carbocycles. The Balaban J connectivity index is 2.34. The van der Waals surface area contributed by atoms with E-state index in [1.54, 1.807) is 6.07 Å². The zero-order chi connectivity index (χ0) is 14.0. The summed E-state index contributed by atoms with van der Waals surface area (Å²) in [5.41, 5.74) is 4.04. The fraction of sp³-hybridized carbons (Fsp3) is 0.188. The Bertz CT molecular complexity index is 614. The van der Waals surface area contributed by atoms with Crippen LogP contribution in [-0.4, -0.2) is 5.52 Å². The van der Waals surface area contributed by atoms with Crippen LogP contribution >= 0.6 is 20.2 Å². The zero-order valence-electron chi connectivity index (χ0n) is 11.3. The van der Waals surface area contributed by atoms with Gasteiger partial charge >= 0.3 is 0 Å². The highest BCUT2D eigenvalue weighted by atomic mass is 35.5. The monoisotopic (exact) mass is 290 g/mol. The van der Waals surface area contributed by atoms with Gasteiger partial charge in [0.25, 0.3) is 0 Å². The molecule has 2 aromatic rings. The fourth-order valence-corrected chi connectivity index (χ4v) is 3.64. The van der Waals surface area contributed by atoms with Crippen molar-refractivity contribution in [3.05, 3.63) is 63.7 Å². The zero-order valence-corrected chi connectivity index (χ0v) is 13.0. The summed E-state index contributed by atoms with van der Waals surface area (Å²) in [5.74, 6) is 0. The van der Waals surface area contributed by atoms with Crippen LogP contribution in [0.25, 0.3) is 0 Å². The fourth-order valence-electron chi connectivity index (χ4n) is 1.97. The van der Waals surface area contributed by atoms with E-state index in [0.29, 0.717) is 10.6 Å². The SMILES string of the molecule is Cc1ccc(C)c(PC(=O)c2c(C)cccc2Cl)c1. The largest absolute Gasteiger partial charge is 0.289 e. The van der Waals surface area contributed by atoms with E-state index in [0.717, 1.165) is 16.4 Å². The molecule has 0 aromatic heterocycles. The molecule has 0 aliphatic carbocycles. The number of aryl methyl sites for hydroxylation is 3. The van der Waals surface area contributed by atoms with Crippen LogP contribution in [0.1, 0.15) is 27.0 Å². The summed E-state index contributed by atoms with van der Waals surface area (Å²) >= 11 is 6.15. The highest BCUT2D eigenvalue weighted by Crippen LogP contribution is 2.28. The van der Waals surface area contributed by atoms with Crippen LogP contribution in [0.4, 0.5) is 0 Å². The van der Waals surface area contributed by atoms with E-state index in [1.807, 2.05) is 32.9 Å². The van der Waals surface area contributed by atoms with Gasteiger partial charge in [-0.15, -0.1) is 0 Å². The lowest BCUT2D eigenvalue weighted by Gasteiger charge is -2.09. The molecule has 0 aliphatic heterocycles. The van der Waals surface area contributed by atoms with E-state index in [-0.39, 0.29) is 14.1 Å². The van der Waals surface area contributed by atoms with Gasteiger partial charge in [0.05, 0.1) is 5.02 Å². The molecule has 0 fully saturated rings. The van der Waals surface area contributed by atoms with Gasteiger partial charge in [0.2, 0.25) is 0 Å². The maximum absolute atomic E-state index is 12.4. The Morgan fingerprint density at radius 1 is 1.05 bits per heavy atom. The first-order chi connectivity index (χ1) is 8.99. The maximum Gasteiger partial charge on any atom is 0.187 e. The number of benzene rings is 2. The molecule has 0 amide bonds. The van der Waals surface area contributed by atoms with Crippen molar-refractivity contribution in [1.29, 1.82) is 0 Å². The van der Waals surface area contributed by atoms with Gasteiger partial charge in [-0.2, -0.15) is 0 Å². The van der Waals surface area contributed by atoms with E-state index in [4.69, 9.17) is 11.6 Å². The number of hydrogen-bond donors (Lipinski definition) is 0. The second-order valence-electron chi connectivity index (χ2n) is 4.70. The van der Waals surface area contributed by atoms with Crippen LogP contribution in [0.3, 0.4) is 0 Å². The van der Waals surface area contributed by atoms with Crippen LogP contribution in [0.5, 0.6) is 0 Å². The lowest BCUT2D eigenvalue weighted by molar-refractivity contribution is 0.108. The van der Waals surface area contributed by atoms with E-state index in [2.05, 4.69) is 18.2 Å². The number of carbonyl (C=O) groups excluding carboxylic acids is 1. The molecule has 0 spiro atoms. The Hall–Kier alpha value is -1.17. The molecule has 3 heteroatoms. The molecule has 1 nitrogen and oxygen atoms in total. The molecule has 0 heterocycles. The summed E-state index contributed by atoms with van der Waals surface area (Å²) < 4.78 is 0. The first-order valence-electron chi connectivity index (χ1n) is 6.13. The summed E-state index contributed by atoms with van der Waals surface area (Å²) in [6.45, 7) is 6.00. The molecule has 1 unspecified atom stereocenters. The molecule has 2 rings (SSSR count). The van der Waals surface area contributed by atoms with Crippen molar-refractivity contribution >= 4 is 31.0 Å². The Morgan fingerprint density at radius 3 is 2.47 bits per heavy atom. The predicted molar refractivity (Wildman–Crippen MR) is 84.4 cm³/mol. The van der Waals surface area contributed by atoms with Gasteiger partial charge in [-0.25, -0.2) is 0 Å². The van der Waals surface area contributed by atoms with E-state index >= 15 is 0 Å². The van der Waals surface area contributed by atoms with Gasteiger partial charge in [-0.05, 0) is 51.8 Å². The number of hydrogen-bond acceptors (Lipinski definition) is 1. The molecule has 0 bridgehead atoms. The molecule has 0 radical (unpaired) electrons. The highest BCUT2D eigenvalue weighted by Gasteiger charge is 2.14. The normalized spacial score (nSPS) is 11.2. The van der Waals surface area contributed by atoms with Gasteiger partial charge in [0.1, 0.15) is 0 Å². The third kappa shape index (κ3) is 3.23. The Morgan fingerprint density at radius 2 is 1.79 bits per heavy atom. The molecule has 19 heavy (non-hydrogen) atoms. The number of rotatable bonds is 3. The lowest BCUT2D eigenvalue weighted by atomic mass is 10.1. The maximum atomic E-state index is 12.4. The van der Waals surface area contributed by atoms with Crippen molar-refractivity contribution in [2.75, 3.05) is 0 Å². The highest BCUT2D eigenvalue weighted by molar-refractivity contribution is 7.66. The Kier molecular flexibility index (Phi) is 4.39. The van der Waals surface area contributed by atoms with Crippen LogP contribution in [0.2, 0.25) is 5.02 Å². The average molecular weight is 291 g/mol. The number of carbonyl (C=O) groups is 1. The van der Waals surface area contributed by atoms with E-state index in [1.165, 1.54) is 5.56 Å². The minimum absolute atomic E-state index is 0.108. The first-order valence-corrected chi connectivity index (χ1v) is 7.50. The van der Waals surface area contributed by atoms with Crippen molar-refractivity contribution < 1.29 is 4.79 Å². The van der Waals surface area contributed by atoms with Crippen LogP contribution in [0.15, 0.2) is 36.4 Å². The summed E-state index contributed by atoms with van der Waals surface area (Å²) in [4.78, 5) is 12.4. The first kappa shape index (κ1) is 14.2. The van der Waals surface area contributed by atoms with Gasteiger partial charge in [-0.1, -0.05) is 47.5 Å². The molecular formula is C16H16ClOP. The molecule has 0 aliphatic rings. The average Bonchev–Trinajstić information content (AvgIpc) is 2.33. The quantitative estimate of drug-likeness (QED) is 0.765. The topological polar surface area (TPSA) is 17.1 Å². The molecule has 0 saturated carbocycles. The summed E-state index contributed by atoms with van der Waals surface area (Å²) in [5, 5.41) is 1.65. The van der Waals surface area contributed by atoms with Crippen LogP contribution < -0.4 is 5.30 Å². The molecule has 0 saturated heterocycles. The van der Waals surface area contributed by atoms with Crippen molar-refractivity contribution in [2.24, 2.45) is 0 Å².